The van der Waals surface area contributed by atoms with E-state index in [9.17, 15) is 20.3 Å². The van der Waals surface area contributed by atoms with Crippen molar-refractivity contribution in [3.8, 4) is 5.75 Å². The van der Waals surface area contributed by atoms with E-state index in [-0.39, 0.29) is 23.5 Å². The van der Waals surface area contributed by atoms with Gasteiger partial charge in [0, 0.05) is 12.6 Å². The van der Waals surface area contributed by atoms with Crippen molar-refractivity contribution in [3.63, 3.8) is 0 Å². The molecule has 0 heterocycles. The van der Waals surface area contributed by atoms with Crippen LogP contribution < -0.4 is 10.1 Å². The predicted octanol–water partition coefficient (Wildman–Crippen LogP) is 0.217. The molecule has 0 aliphatic rings. The first-order valence-electron chi connectivity index (χ1n) is 5.33. The molecule has 18 heavy (non-hydrogen) atoms. The highest BCUT2D eigenvalue weighted by atomic mass is 16.6. The van der Waals surface area contributed by atoms with E-state index in [0.29, 0.717) is 0 Å². The molecular weight excluding hydrogens is 240 g/mol. The summed E-state index contributed by atoms with van der Waals surface area (Å²) >= 11 is 0. The van der Waals surface area contributed by atoms with Gasteiger partial charge in [-0.3, -0.25) is 10.1 Å². The molecule has 100 valence electrons. The van der Waals surface area contributed by atoms with Gasteiger partial charge < -0.3 is 20.3 Å². The third-order valence-corrected chi connectivity index (χ3v) is 2.48. The summed E-state index contributed by atoms with van der Waals surface area (Å²) in [5, 5.41) is 33.0. The summed E-state index contributed by atoms with van der Waals surface area (Å²) in [6.45, 7) is 0.173. The number of likely N-dealkylation sites (N-methyl/N-ethyl adjacent to an activating group) is 1. The zero-order valence-corrected chi connectivity index (χ0v) is 10.2. The average molecular weight is 256 g/mol. The van der Waals surface area contributed by atoms with Crippen LogP contribution in [-0.2, 0) is 0 Å². The highest BCUT2D eigenvalue weighted by Crippen LogP contribution is 2.27. The van der Waals surface area contributed by atoms with Crippen LogP contribution in [0, 0.1) is 10.1 Å². The zero-order chi connectivity index (χ0) is 13.7. The maximum atomic E-state index is 10.7. The molecule has 7 nitrogen and oxygen atoms in total. The number of nitrogens with zero attached hydrogens (tertiary/aromatic N) is 1. The Morgan fingerprint density at radius 1 is 1.44 bits per heavy atom. The van der Waals surface area contributed by atoms with Gasteiger partial charge in [0.05, 0.1) is 24.2 Å². The third-order valence-electron chi connectivity index (χ3n) is 2.48. The van der Waals surface area contributed by atoms with Crippen LogP contribution in [0.4, 0.5) is 5.69 Å². The second-order valence-electron chi connectivity index (χ2n) is 3.79. The first-order chi connectivity index (χ1) is 8.49. The van der Waals surface area contributed by atoms with Gasteiger partial charge in [-0.15, -0.1) is 0 Å². The van der Waals surface area contributed by atoms with Crippen LogP contribution in [-0.4, -0.2) is 41.9 Å². The number of benzene rings is 1. The van der Waals surface area contributed by atoms with Gasteiger partial charge in [0.1, 0.15) is 11.9 Å². The van der Waals surface area contributed by atoms with Crippen LogP contribution in [0.1, 0.15) is 11.7 Å². The molecule has 0 amide bonds. The van der Waals surface area contributed by atoms with Crippen molar-refractivity contribution in [3.05, 3.63) is 33.9 Å². The van der Waals surface area contributed by atoms with Gasteiger partial charge in [0.15, 0.2) is 0 Å². The minimum Gasteiger partial charge on any atom is -0.496 e. The number of nitro benzene ring substituents is 1. The van der Waals surface area contributed by atoms with Crippen LogP contribution in [0.3, 0.4) is 0 Å². The minimum absolute atomic E-state index is 0.173. The number of aliphatic hydroxyl groups is 2. The minimum atomic E-state index is -1.22. The molecule has 0 fully saturated rings. The number of methoxy groups -OCH3 is 1. The Balaban J connectivity index is 3.07. The lowest BCUT2D eigenvalue weighted by Gasteiger charge is -2.18. The molecule has 1 rings (SSSR count). The molecule has 1 aromatic rings. The molecule has 0 saturated heterocycles. The summed E-state index contributed by atoms with van der Waals surface area (Å²) < 4.78 is 4.92. The second-order valence-corrected chi connectivity index (χ2v) is 3.79. The molecule has 3 N–H and O–H groups in total. The number of hydrogen-bond acceptors (Lipinski definition) is 6. The van der Waals surface area contributed by atoms with Crippen LogP contribution in [0.2, 0.25) is 0 Å². The lowest BCUT2D eigenvalue weighted by atomic mass is 10.0. The maximum absolute atomic E-state index is 10.7. The largest absolute Gasteiger partial charge is 0.496 e. The Morgan fingerprint density at radius 3 is 2.61 bits per heavy atom. The van der Waals surface area contributed by atoms with Crippen LogP contribution in [0.15, 0.2) is 18.2 Å². The van der Waals surface area contributed by atoms with Gasteiger partial charge in [0.2, 0.25) is 0 Å². The summed E-state index contributed by atoms with van der Waals surface area (Å²) in [6.07, 6.45) is -2.27. The highest BCUT2D eigenvalue weighted by molar-refractivity contribution is 5.43. The van der Waals surface area contributed by atoms with E-state index in [1.54, 1.807) is 7.05 Å². The number of aliphatic hydroxyl groups excluding tert-OH is 2. The molecule has 0 aliphatic carbocycles. The topological polar surface area (TPSA) is 105 Å². The van der Waals surface area contributed by atoms with E-state index >= 15 is 0 Å². The van der Waals surface area contributed by atoms with Gasteiger partial charge in [-0.1, -0.05) is 0 Å². The van der Waals surface area contributed by atoms with E-state index < -0.39 is 17.1 Å². The summed E-state index contributed by atoms with van der Waals surface area (Å²) in [5.41, 5.74) is 0.0452. The molecule has 0 bridgehead atoms. The van der Waals surface area contributed by atoms with Crippen molar-refractivity contribution >= 4 is 5.69 Å². The molecule has 0 aromatic heterocycles. The Kier molecular flexibility index (Phi) is 5.02. The number of nitro groups is 1. The molecule has 1 aromatic carbocycles. The molecular formula is C11H16N2O5. The standard InChI is InChI=1S/C11H16N2O5/c1-12-6-10(14)11(15)7-3-8(13(16)17)5-9(4-7)18-2/h3-5,10-12,14-15H,6H2,1-2H3. The van der Waals surface area contributed by atoms with Crippen molar-refractivity contribution in [2.75, 3.05) is 20.7 Å². The lowest BCUT2D eigenvalue weighted by Crippen LogP contribution is -2.29. The normalized spacial score (nSPS) is 14.0. The summed E-state index contributed by atoms with van der Waals surface area (Å²) in [4.78, 5) is 10.2. The number of ether oxygens (including phenoxy) is 1. The first-order valence-corrected chi connectivity index (χ1v) is 5.33. The number of rotatable bonds is 6. The van der Waals surface area contributed by atoms with Gasteiger partial charge in [0.25, 0.3) is 5.69 Å². The Morgan fingerprint density at radius 2 is 2.11 bits per heavy atom. The van der Waals surface area contributed by atoms with Crippen LogP contribution in [0.5, 0.6) is 5.75 Å². The van der Waals surface area contributed by atoms with Crippen LogP contribution >= 0.6 is 0 Å². The number of hydrogen-bond donors (Lipinski definition) is 3. The van der Waals surface area contributed by atoms with Gasteiger partial charge in [-0.2, -0.15) is 0 Å². The third kappa shape index (κ3) is 3.39. The molecule has 2 unspecified atom stereocenters. The molecule has 0 saturated carbocycles. The fourth-order valence-electron chi connectivity index (χ4n) is 1.54. The van der Waals surface area contributed by atoms with E-state index in [0.717, 1.165) is 0 Å². The van der Waals surface area contributed by atoms with E-state index in [1.807, 2.05) is 0 Å². The second kappa shape index (κ2) is 6.29. The van der Waals surface area contributed by atoms with Gasteiger partial charge in [-0.05, 0) is 18.7 Å². The quantitative estimate of drug-likeness (QED) is 0.496. The highest BCUT2D eigenvalue weighted by Gasteiger charge is 2.21. The zero-order valence-electron chi connectivity index (χ0n) is 10.2. The predicted molar refractivity (Wildman–Crippen MR) is 64.5 cm³/mol. The lowest BCUT2D eigenvalue weighted by molar-refractivity contribution is -0.385. The number of non-ortho nitro benzene ring substituents is 1. The van der Waals surface area contributed by atoms with E-state index in [4.69, 9.17) is 4.74 Å². The van der Waals surface area contributed by atoms with Crippen molar-refractivity contribution in [1.29, 1.82) is 0 Å². The number of nitrogens with one attached hydrogen (secondary N) is 1. The average Bonchev–Trinajstić information content (AvgIpc) is 2.37. The summed E-state index contributed by atoms with van der Waals surface area (Å²) in [6, 6.07) is 3.92. The Bertz CT molecular complexity index is 424. The summed E-state index contributed by atoms with van der Waals surface area (Å²) in [5.74, 6) is 0.259. The van der Waals surface area contributed by atoms with E-state index in [2.05, 4.69) is 5.32 Å². The van der Waals surface area contributed by atoms with Gasteiger partial charge in [-0.25, -0.2) is 0 Å². The first kappa shape index (κ1) is 14.4. The molecule has 7 heteroatoms. The summed E-state index contributed by atoms with van der Waals surface area (Å²) in [7, 11) is 3.00. The van der Waals surface area contributed by atoms with Crippen molar-refractivity contribution in [1.82, 2.24) is 5.32 Å². The fraction of sp³-hybridized carbons (Fsp3) is 0.455. The molecule has 2 atom stereocenters. The molecule has 0 spiro atoms. The fourth-order valence-corrected chi connectivity index (χ4v) is 1.54. The van der Waals surface area contributed by atoms with Gasteiger partial charge >= 0.3 is 0 Å². The Hall–Kier alpha value is -1.70. The monoisotopic (exact) mass is 256 g/mol. The smallest absolute Gasteiger partial charge is 0.273 e. The Labute approximate surface area is 104 Å². The van der Waals surface area contributed by atoms with E-state index in [1.165, 1.54) is 25.3 Å². The SMILES string of the molecule is CNCC(O)C(O)c1cc(OC)cc([N+](=O)[O-])c1. The molecule has 0 radical (unpaired) electrons. The molecule has 0 aliphatic heterocycles. The van der Waals surface area contributed by atoms with Crippen molar-refractivity contribution in [2.45, 2.75) is 12.2 Å². The van der Waals surface area contributed by atoms with Crippen molar-refractivity contribution in [2.24, 2.45) is 0 Å². The van der Waals surface area contributed by atoms with Crippen molar-refractivity contribution < 1.29 is 19.9 Å². The maximum Gasteiger partial charge on any atom is 0.273 e. The van der Waals surface area contributed by atoms with Crippen LogP contribution in [0.25, 0.3) is 0 Å².